The number of halogens is 6. The molecule has 0 aliphatic heterocycles. The van der Waals surface area contributed by atoms with Crippen LogP contribution >= 0.6 is 0 Å². The number of allylic oxidation sites excluding steroid dienone is 2. The van der Waals surface area contributed by atoms with Crippen LogP contribution in [0.3, 0.4) is 0 Å². The highest BCUT2D eigenvalue weighted by Gasteiger charge is 2.82. The van der Waals surface area contributed by atoms with Gasteiger partial charge in [0.15, 0.2) is 10.8 Å². The number of nitrogens with zero attached hydrogens (tertiary/aromatic N) is 2. The number of nitriles is 2. The van der Waals surface area contributed by atoms with E-state index >= 15 is 0 Å². The van der Waals surface area contributed by atoms with Crippen LogP contribution < -0.4 is 0 Å². The Bertz CT molecular complexity index is 731. The standard InChI is InChI=1S/C17H12F6N2/c1-11-4-6-12(7-5-11)13-3-2-8-15(16(18,19)20,17(21,22)23)14(13,9-24)10-25/h2-7,13H,8H2,1H3. The van der Waals surface area contributed by atoms with Gasteiger partial charge in [-0.15, -0.1) is 0 Å². The van der Waals surface area contributed by atoms with Crippen LogP contribution in [0.1, 0.15) is 23.5 Å². The molecule has 1 aliphatic rings. The average molecular weight is 358 g/mol. The maximum Gasteiger partial charge on any atom is 0.406 e. The Balaban J connectivity index is 2.84. The molecule has 1 unspecified atom stereocenters. The molecule has 1 aromatic rings. The van der Waals surface area contributed by atoms with Gasteiger partial charge in [0.2, 0.25) is 0 Å². The molecule has 0 heterocycles. The van der Waals surface area contributed by atoms with Crippen molar-refractivity contribution < 1.29 is 26.3 Å². The molecule has 0 N–H and O–H groups in total. The first kappa shape index (κ1) is 18.9. The molecule has 2 nitrogen and oxygen atoms in total. The van der Waals surface area contributed by atoms with Gasteiger partial charge in [-0.3, -0.25) is 0 Å². The molecule has 132 valence electrons. The number of hydrogen-bond donors (Lipinski definition) is 0. The summed E-state index contributed by atoms with van der Waals surface area (Å²) in [4.78, 5) is 0. The van der Waals surface area contributed by atoms with Gasteiger partial charge < -0.3 is 0 Å². The second-order valence-electron chi connectivity index (χ2n) is 5.95. The Morgan fingerprint density at radius 2 is 1.44 bits per heavy atom. The largest absolute Gasteiger partial charge is 0.406 e. The fraction of sp³-hybridized carbons (Fsp3) is 0.412. The predicted molar refractivity (Wildman–Crippen MR) is 75.9 cm³/mol. The molecule has 8 heteroatoms. The molecule has 0 radical (unpaired) electrons. The van der Waals surface area contributed by atoms with Gasteiger partial charge >= 0.3 is 12.4 Å². The molecule has 0 aromatic heterocycles. The fourth-order valence-electron chi connectivity index (χ4n) is 3.28. The van der Waals surface area contributed by atoms with Gasteiger partial charge in [0.1, 0.15) is 0 Å². The molecule has 0 amide bonds. The molecule has 1 aliphatic carbocycles. The van der Waals surface area contributed by atoms with Gasteiger partial charge in [-0.1, -0.05) is 42.0 Å². The molecule has 0 saturated carbocycles. The lowest BCUT2D eigenvalue weighted by molar-refractivity contribution is -0.365. The Labute approximate surface area is 140 Å². The second kappa shape index (κ2) is 5.80. The van der Waals surface area contributed by atoms with Crippen LogP contribution in [0.2, 0.25) is 0 Å². The summed E-state index contributed by atoms with van der Waals surface area (Å²) in [7, 11) is 0. The molecule has 0 spiro atoms. The molecule has 25 heavy (non-hydrogen) atoms. The summed E-state index contributed by atoms with van der Waals surface area (Å²) in [5.74, 6) is -1.67. The van der Waals surface area contributed by atoms with Gasteiger partial charge in [0.05, 0.1) is 12.1 Å². The van der Waals surface area contributed by atoms with Crippen molar-refractivity contribution in [1.82, 2.24) is 0 Å². The maximum absolute atomic E-state index is 13.7. The van der Waals surface area contributed by atoms with E-state index in [1.165, 1.54) is 24.3 Å². The van der Waals surface area contributed by atoms with Gasteiger partial charge in [-0.05, 0) is 18.9 Å². The SMILES string of the molecule is Cc1ccc(C2C=CCC(C(F)(F)F)(C(F)(F)F)C2(C#N)C#N)cc1. The quantitative estimate of drug-likeness (QED) is 0.513. The van der Waals surface area contributed by atoms with E-state index in [0.717, 1.165) is 29.9 Å². The van der Waals surface area contributed by atoms with Crippen molar-refractivity contribution in [2.45, 2.75) is 31.6 Å². The Kier molecular flexibility index (Phi) is 4.38. The van der Waals surface area contributed by atoms with E-state index in [1.54, 1.807) is 6.92 Å². The van der Waals surface area contributed by atoms with Crippen molar-refractivity contribution in [2.75, 3.05) is 0 Å². The van der Waals surface area contributed by atoms with Crippen LogP contribution in [0.25, 0.3) is 0 Å². The number of benzene rings is 1. The van der Waals surface area contributed by atoms with Crippen LogP contribution in [0.5, 0.6) is 0 Å². The van der Waals surface area contributed by atoms with Crippen LogP contribution in [0.15, 0.2) is 36.4 Å². The highest BCUT2D eigenvalue weighted by atomic mass is 19.4. The van der Waals surface area contributed by atoms with E-state index < -0.39 is 35.5 Å². The van der Waals surface area contributed by atoms with E-state index in [4.69, 9.17) is 0 Å². The molecular formula is C17H12F6N2. The third-order valence-electron chi connectivity index (χ3n) is 4.65. The average Bonchev–Trinajstić information content (AvgIpc) is 2.52. The minimum Gasteiger partial charge on any atom is -0.196 e. The summed E-state index contributed by atoms with van der Waals surface area (Å²) in [6.07, 6.45) is -11.3. The smallest absolute Gasteiger partial charge is 0.196 e. The minimum absolute atomic E-state index is 0.0440. The third-order valence-corrected chi connectivity index (χ3v) is 4.65. The third kappa shape index (κ3) is 2.48. The molecule has 0 bridgehead atoms. The van der Waals surface area contributed by atoms with Crippen molar-refractivity contribution in [3.8, 4) is 12.1 Å². The van der Waals surface area contributed by atoms with E-state index in [2.05, 4.69) is 0 Å². The molecule has 1 aromatic carbocycles. The predicted octanol–water partition coefficient (Wildman–Crippen LogP) is 5.18. The lowest BCUT2D eigenvalue weighted by Crippen LogP contribution is -2.62. The van der Waals surface area contributed by atoms with Gasteiger partial charge in [-0.2, -0.15) is 36.9 Å². The molecule has 1 atom stereocenters. The van der Waals surface area contributed by atoms with Crippen molar-refractivity contribution >= 4 is 0 Å². The first-order valence-electron chi connectivity index (χ1n) is 7.16. The Hall–Kier alpha value is -2.48. The molecule has 2 rings (SSSR count). The zero-order chi connectivity index (χ0) is 19.1. The monoisotopic (exact) mass is 358 g/mol. The van der Waals surface area contributed by atoms with E-state index in [1.807, 2.05) is 0 Å². The Morgan fingerprint density at radius 1 is 0.960 bits per heavy atom. The van der Waals surface area contributed by atoms with E-state index in [9.17, 15) is 36.9 Å². The maximum atomic E-state index is 13.7. The first-order chi connectivity index (χ1) is 11.5. The number of alkyl halides is 6. The summed E-state index contributed by atoms with van der Waals surface area (Å²) < 4.78 is 82.0. The summed E-state index contributed by atoms with van der Waals surface area (Å²) in [6, 6.07) is 7.82. The van der Waals surface area contributed by atoms with Crippen molar-refractivity contribution in [3.63, 3.8) is 0 Å². The van der Waals surface area contributed by atoms with Crippen LogP contribution in [-0.2, 0) is 0 Å². The van der Waals surface area contributed by atoms with Gasteiger partial charge in [-0.25, -0.2) is 0 Å². The summed E-state index contributed by atoms with van der Waals surface area (Å²) in [5, 5.41) is 18.8. The van der Waals surface area contributed by atoms with Crippen molar-refractivity contribution in [3.05, 3.63) is 47.5 Å². The normalized spacial score (nSPS) is 22.0. The van der Waals surface area contributed by atoms with Gasteiger partial charge in [0, 0.05) is 5.92 Å². The number of rotatable bonds is 1. The molecule has 0 fully saturated rings. The number of aryl methyl sites for hydroxylation is 1. The Morgan fingerprint density at radius 3 is 1.84 bits per heavy atom. The molecule has 0 saturated heterocycles. The van der Waals surface area contributed by atoms with E-state index in [0.29, 0.717) is 0 Å². The molecular weight excluding hydrogens is 346 g/mol. The summed E-state index contributed by atoms with van der Waals surface area (Å²) in [6.45, 7) is 1.69. The highest BCUT2D eigenvalue weighted by molar-refractivity contribution is 5.43. The van der Waals surface area contributed by atoms with Gasteiger partial charge in [0.25, 0.3) is 0 Å². The summed E-state index contributed by atoms with van der Waals surface area (Å²) in [5.41, 5.74) is -7.06. The first-order valence-corrected chi connectivity index (χ1v) is 7.16. The van der Waals surface area contributed by atoms with Crippen molar-refractivity contribution in [1.29, 1.82) is 10.5 Å². The lowest BCUT2D eigenvalue weighted by Gasteiger charge is -2.48. The lowest BCUT2D eigenvalue weighted by atomic mass is 9.52. The van der Waals surface area contributed by atoms with Crippen molar-refractivity contribution in [2.24, 2.45) is 10.8 Å². The van der Waals surface area contributed by atoms with E-state index in [-0.39, 0.29) is 5.56 Å². The minimum atomic E-state index is -5.83. The zero-order valence-electron chi connectivity index (χ0n) is 12.9. The van der Waals surface area contributed by atoms with Crippen LogP contribution in [-0.4, -0.2) is 12.4 Å². The van der Waals surface area contributed by atoms with Crippen LogP contribution in [0, 0.1) is 40.4 Å². The second-order valence-corrected chi connectivity index (χ2v) is 5.95. The summed E-state index contributed by atoms with van der Waals surface area (Å²) >= 11 is 0. The highest BCUT2D eigenvalue weighted by Crippen LogP contribution is 2.67. The zero-order valence-corrected chi connectivity index (χ0v) is 12.9. The fourth-order valence-corrected chi connectivity index (χ4v) is 3.28. The van der Waals surface area contributed by atoms with Crippen LogP contribution in [0.4, 0.5) is 26.3 Å². The topological polar surface area (TPSA) is 47.6 Å². The number of hydrogen-bond acceptors (Lipinski definition) is 2.